The van der Waals surface area contributed by atoms with Crippen molar-refractivity contribution in [2.45, 2.75) is 57.9 Å². The van der Waals surface area contributed by atoms with Crippen LogP contribution in [0.15, 0.2) is 0 Å². The van der Waals surface area contributed by atoms with E-state index in [1.54, 1.807) is 0 Å². The van der Waals surface area contributed by atoms with Gasteiger partial charge in [0, 0.05) is 31.7 Å². The van der Waals surface area contributed by atoms with E-state index in [4.69, 9.17) is 0 Å². The first-order valence-electron chi connectivity index (χ1n) is 7.97. The molecule has 5 rings (SSSR count). The molecular formula is C16H28N2. The van der Waals surface area contributed by atoms with Crippen LogP contribution in [0.1, 0.15) is 52.4 Å². The van der Waals surface area contributed by atoms with Gasteiger partial charge in [-0.25, -0.2) is 0 Å². The molecule has 4 saturated carbocycles. The first-order chi connectivity index (χ1) is 8.51. The zero-order chi connectivity index (χ0) is 12.4. The minimum absolute atomic E-state index is 0.588. The summed E-state index contributed by atoms with van der Waals surface area (Å²) in [5, 5.41) is 3.52. The van der Waals surface area contributed by atoms with Crippen LogP contribution in [0, 0.1) is 16.7 Å². The molecule has 4 aliphatic carbocycles. The van der Waals surface area contributed by atoms with E-state index in [0.717, 1.165) is 5.92 Å². The van der Waals surface area contributed by atoms with Gasteiger partial charge >= 0.3 is 0 Å². The summed E-state index contributed by atoms with van der Waals surface area (Å²) in [6.45, 7) is 10.2. The fourth-order valence-electron chi connectivity index (χ4n) is 6.88. The van der Waals surface area contributed by atoms with Gasteiger partial charge in [0.2, 0.25) is 0 Å². The van der Waals surface area contributed by atoms with Crippen LogP contribution in [0.2, 0.25) is 0 Å². The van der Waals surface area contributed by atoms with Crippen molar-refractivity contribution in [2.75, 3.05) is 26.2 Å². The maximum absolute atomic E-state index is 3.52. The molecule has 0 amide bonds. The van der Waals surface area contributed by atoms with Crippen molar-refractivity contribution in [3.8, 4) is 0 Å². The third-order valence-corrected chi connectivity index (χ3v) is 6.38. The number of rotatable bonds is 1. The third kappa shape index (κ3) is 1.61. The zero-order valence-corrected chi connectivity index (χ0v) is 12.1. The summed E-state index contributed by atoms with van der Waals surface area (Å²) in [5.74, 6) is 1.03. The van der Waals surface area contributed by atoms with Crippen molar-refractivity contribution < 1.29 is 0 Å². The average Bonchev–Trinajstić information content (AvgIpc) is 2.25. The van der Waals surface area contributed by atoms with E-state index < -0.39 is 0 Å². The maximum atomic E-state index is 3.52. The van der Waals surface area contributed by atoms with E-state index in [-0.39, 0.29) is 0 Å². The Morgan fingerprint density at radius 2 is 1.50 bits per heavy atom. The van der Waals surface area contributed by atoms with Gasteiger partial charge in [-0.05, 0) is 55.3 Å². The van der Waals surface area contributed by atoms with Crippen LogP contribution in [-0.4, -0.2) is 36.6 Å². The Kier molecular flexibility index (Phi) is 2.29. The van der Waals surface area contributed by atoms with Crippen molar-refractivity contribution in [1.29, 1.82) is 0 Å². The molecule has 2 unspecified atom stereocenters. The maximum Gasteiger partial charge on any atom is 0.0223 e. The Morgan fingerprint density at radius 3 is 2.06 bits per heavy atom. The second-order valence-corrected chi connectivity index (χ2v) is 8.59. The Labute approximate surface area is 111 Å². The first kappa shape index (κ1) is 11.7. The average molecular weight is 248 g/mol. The van der Waals surface area contributed by atoms with E-state index in [9.17, 15) is 0 Å². The van der Waals surface area contributed by atoms with Crippen LogP contribution in [-0.2, 0) is 0 Å². The molecule has 1 N–H and O–H groups in total. The zero-order valence-electron chi connectivity index (χ0n) is 12.1. The van der Waals surface area contributed by atoms with Gasteiger partial charge in [-0.3, -0.25) is 4.90 Å². The van der Waals surface area contributed by atoms with Crippen LogP contribution in [0.25, 0.3) is 0 Å². The summed E-state index contributed by atoms with van der Waals surface area (Å²) in [4.78, 5) is 2.88. The largest absolute Gasteiger partial charge is 0.314 e. The lowest BCUT2D eigenvalue weighted by Crippen LogP contribution is -2.67. The molecular weight excluding hydrogens is 220 g/mol. The fraction of sp³-hybridized carbons (Fsp3) is 1.00. The van der Waals surface area contributed by atoms with Crippen molar-refractivity contribution in [2.24, 2.45) is 16.7 Å². The highest BCUT2D eigenvalue weighted by molar-refractivity contribution is 5.15. The molecule has 5 fully saturated rings. The SMILES string of the molecule is CC12CC3CC(C)(C1)CC(N1CCNCC1)(C3)C2. The summed E-state index contributed by atoms with van der Waals surface area (Å²) >= 11 is 0. The van der Waals surface area contributed by atoms with Gasteiger partial charge in [0.25, 0.3) is 0 Å². The number of piperazine rings is 1. The lowest BCUT2D eigenvalue weighted by molar-refractivity contribution is -0.163. The smallest absolute Gasteiger partial charge is 0.0223 e. The van der Waals surface area contributed by atoms with Gasteiger partial charge in [0.1, 0.15) is 0 Å². The van der Waals surface area contributed by atoms with Gasteiger partial charge in [-0.1, -0.05) is 13.8 Å². The van der Waals surface area contributed by atoms with Gasteiger partial charge in [-0.15, -0.1) is 0 Å². The van der Waals surface area contributed by atoms with E-state index >= 15 is 0 Å². The highest BCUT2D eigenvalue weighted by Crippen LogP contribution is 2.67. The topological polar surface area (TPSA) is 15.3 Å². The second kappa shape index (κ2) is 3.52. The predicted molar refractivity (Wildman–Crippen MR) is 74.6 cm³/mol. The molecule has 18 heavy (non-hydrogen) atoms. The normalized spacial score (nSPS) is 56.0. The molecule has 1 aliphatic heterocycles. The van der Waals surface area contributed by atoms with Crippen LogP contribution in [0.3, 0.4) is 0 Å². The Hall–Kier alpha value is -0.0800. The monoisotopic (exact) mass is 248 g/mol. The quantitative estimate of drug-likeness (QED) is 0.767. The Balaban J connectivity index is 1.68. The summed E-state index contributed by atoms with van der Waals surface area (Å²) in [7, 11) is 0. The second-order valence-electron chi connectivity index (χ2n) is 8.59. The summed E-state index contributed by atoms with van der Waals surface area (Å²) < 4.78 is 0. The summed E-state index contributed by atoms with van der Waals surface area (Å²) in [6, 6.07) is 0. The van der Waals surface area contributed by atoms with Crippen molar-refractivity contribution in [3.05, 3.63) is 0 Å². The molecule has 0 spiro atoms. The summed E-state index contributed by atoms with van der Waals surface area (Å²) in [5.41, 5.74) is 1.92. The van der Waals surface area contributed by atoms with Gasteiger partial charge in [0.05, 0.1) is 0 Å². The molecule has 0 aromatic carbocycles. The molecule has 2 heteroatoms. The number of hydrogen-bond donors (Lipinski definition) is 1. The minimum atomic E-state index is 0.588. The summed E-state index contributed by atoms with van der Waals surface area (Å²) in [6.07, 6.45) is 9.05. The van der Waals surface area contributed by atoms with Gasteiger partial charge in [0.15, 0.2) is 0 Å². The first-order valence-corrected chi connectivity index (χ1v) is 7.97. The van der Waals surface area contributed by atoms with Crippen LogP contribution >= 0.6 is 0 Å². The van der Waals surface area contributed by atoms with Crippen LogP contribution < -0.4 is 5.32 Å². The molecule has 0 radical (unpaired) electrons. The van der Waals surface area contributed by atoms with Crippen molar-refractivity contribution in [3.63, 3.8) is 0 Å². The Morgan fingerprint density at radius 1 is 0.889 bits per heavy atom. The molecule has 2 atom stereocenters. The lowest BCUT2D eigenvalue weighted by atomic mass is 9.42. The van der Waals surface area contributed by atoms with Crippen molar-refractivity contribution in [1.82, 2.24) is 10.2 Å². The van der Waals surface area contributed by atoms with Crippen molar-refractivity contribution >= 4 is 0 Å². The molecule has 1 heterocycles. The lowest BCUT2D eigenvalue weighted by Gasteiger charge is -2.68. The molecule has 0 aromatic heterocycles. The number of nitrogens with one attached hydrogen (secondary N) is 1. The molecule has 102 valence electrons. The highest BCUT2D eigenvalue weighted by Gasteiger charge is 2.61. The number of nitrogens with zero attached hydrogens (tertiary/aromatic N) is 1. The van der Waals surface area contributed by atoms with E-state index in [2.05, 4.69) is 24.1 Å². The number of hydrogen-bond acceptors (Lipinski definition) is 2. The van der Waals surface area contributed by atoms with E-state index in [0.29, 0.717) is 16.4 Å². The minimum Gasteiger partial charge on any atom is -0.314 e. The van der Waals surface area contributed by atoms with Crippen LogP contribution in [0.4, 0.5) is 0 Å². The van der Waals surface area contributed by atoms with E-state index in [1.165, 1.54) is 64.7 Å². The molecule has 2 nitrogen and oxygen atoms in total. The standard InChI is InChI=1S/C16H28N2/c1-14-7-13-8-15(2,10-14)12-16(9-13,11-14)18-5-3-17-4-6-18/h13,17H,3-12H2,1-2H3. The van der Waals surface area contributed by atoms with Gasteiger partial charge < -0.3 is 5.32 Å². The Bertz CT molecular complexity index is 340. The van der Waals surface area contributed by atoms with Crippen LogP contribution in [0.5, 0.6) is 0 Å². The molecule has 4 bridgehead atoms. The molecule has 0 aromatic rings. The van der Waals surface area contributed by atoms with Gasteiger partial charge in [-0.2, -0.15) is 0 Å². The molecule has 5 aliphatic rings. The predicted octanol–water partition coefficient (Wildman–Crippen LogP) is 2.64. The van der Waals surface area contributed by atoms with E-state index in [1.807, 2.05) is 0 Å². The molecule has 1 saturated heterocycles. The highest BCUT2D eigenvalue weighted by atomic mass is 15.3. The fourth-order valence-corrected chi connectivity index (χ4v) is 6.88. The third-order valence-electron chi connectivity index (χ3n) is 6.38.